The number of benzene rings is 1. The van der Waals surface area contributed by atoms with E-state index in [4.69, 9.17) is 0 Å². The summed E-state index contributed by atoms with van der Waals surface area (Å²) in [7, 11) is 3.36. The van der Waals surface area contributed by atoms with Crippen LogP contribution in [0.1, 0.15) is 36.2 Å². The Bertz CT molecular complexity index is 1100. The lowest BCUT2D eigenvalue weighted by atomic mass is 9.57. The molecule has 0 saturated heterocycles. The summed E-state index contributed by atoms with van der Waals surface area (Å²) in [5.41, 5.74) is -2.00. The first kappa shape index (κ1) is 21.3. The van der Waals surface area contributed by atoms with Gasteiger partial charge in [0.05, 0.1) is 23.1 Å². The Kier molecular flexibility index (Phi) is 4.64. The highest BCUT2D eigenvalue weighted by molar-refractivity contribution is 6.22. The standard InChI is InChI=1S/C23H25NO7/c1-9(25)14-19(27)15-10(18(22(14)30)24(3)4)8-12-17(20(15)28)21(29)16-11(23(12,2)31)6-5-7-13(16)26/h5-7,10,12,15,18,26,28,30-31H,8H2,1-4H3. The van der Waals surface area contributed by atoms with Crippen molar-refractivity contribution in [2.75, 3.05) is 14.1 Å². The van der Waals surface area contributed by atoms with Crippen LogP contribution in [0.5, 0.6) is 5.75 Å². The van der Waals surface area contributed by atoms with Gasteiger partial charge in [-0.1, -0.05) is 12.1 Å². The van der Waals surface area contributed by atoms with Gasteiger partial charge in [-0.05, 0) is 51.9 Å². The van der Waals surface area contributed by atoms with Crippen LogP contribution < -0.4 is 0 Å². The van der Waals surface area contributed by atoms with E-state index >= 15 is 0 Å². The number of phenolic OH excluding ortho intramolecular Hbond substituents is 1. The molecule has 0 bridgehead atoms. The molecule has 4 N–H and O–H groups in total. The van der Waals surface area contributed by atoms with Crippen LogP contribution in [0.2, 0.25) is 0 Å². The summed E-state index contributed by atoms with van der Waals surface area (Å²) in [6.07, 6.45) is 0.113. The number of allylic oxidation sites excluding steroid dienone is 2. The highest BCUT2D eigenvalue weighted by atomic mass is 16.3. The minimum Gasteiger partial charge on any atom is -0.511 e. The summed E-state index contributed by atoms with van der Waals surface area (Å²) in [6, 6.07) is 3.63. The van der Waals surface area contributed by atoms with E-state index in [9.17, 15) is 34.8 Å². The highest BCUT2D eigenvalue weighted by Crippen LogP contribution is 2.55. The molecular formula is C23H25NO7. The Morgan fingerprint density at radius 3 is 2.35 bits per heavy atom. The normalized spacial score (nSPS) is 32.7. The Hall–Kier alpha value is -2.97. The molecule has 1 aromatic carbocycles. The second-order valence-corrected chi connectivity index (χ2v) is 8.99. The highest BCUT2D eigenvalue weighted by Gasteiger charge is 2.58. The molecule has 3 aliphatic rings. The molecule has 0 fully saturated rings. The van der Waals surface area contributed by atoms with Gasteiger partial charge in [-0.3, -0.25) is 19.3 Å². The lowest BCUT2D eigenvalue weighted by Gasteiger charge is -2.49. The Labute approximate surface area is 179 Å². The van der Waals surface area contributed by atoms with Crippen molar-refractivity contribution in [3.63, 3.8) is 0 Å². The first-order chi connectivity index (χ1) is 14.4. The zero-order chi connectivity index (χ0) is 23.0. The average Bonchev–Trinajstić information content (AvgIpc) is 2.65. The average molecular weight is 427 g/mol. The fraction of sp³-hybridized carbons (Fsp3) is 0.435. The number of rotatable bonds is 2. The molecule has 0 spiro atoms. The van der Waals surface area contributed by atoms with Crippen LogP contribution >= 0.6 is 0 Å². The van der Waals surface area contributed by atoms with E-state index in [0.717, 1.165) is 6.92 Å². The van der Waals surface area contributed by atoms with Crippen LogP contribution in [0.3, 0.4) is 0 Å². The number of hydrogen-bond donors (Lipinski definition) is 4. The van der Waals surface area contributed by atoms with Gasteiger partial charge in [0.1, 0.15) is 22.8 Å². The first-order valence-electron chi connectivity index (χ1n) is 10.1. The van der Waals surface area contributed by atoms with Gasteiger partial charge in [-0.2, -0.15) is 0 Å². The number of nitrogens with zero attached hydrogens (tertiary/aromatic N) is 1. The molecule has 8 nitrogen and oxygen atoms in total. The number of aliphatic hydroxyl groups excluding tert-OH is 2. The fourth-order valence-corrected chi connectivity index (χ4v) is 5.63. The van der Waals surface area contributed by atoms with Crippen molar-refractivity contribution in [1.29, 1.82) is 0 Å². The second kappa shape index (κ2) is 6.77. The van der Waals surface area contributed by atoms with E-state index in [1.807, 2.05) is 0 Å². The Morgan fingerprint density at radius 2 is 1.77 bits per heavy atom. The first-order valence-corrected chi connectivity index (χ1v) is 10.1. The van der Waals surface area contributed by atoms with Crippen LogP contribution in [-0.4, -0.2) is 62.8 Å². The van der Waals surface area contributed by atoms with Gasteiger partial charge in [-0.25, -0.2) is 0 Å². The number of aliphatic hydroxyl groups is 3. The number of carbonyl (C=O) groups is 3. The predicted molar refractivity (Wildman–Crippen MR) is 110 cm³/mol. The van der Waals surface area contributed by atoms with E-state index in [-0.39, 0.29) is 40.2 Å². The summed E-state index contributed by atoms with van der Waals surface area (Å²) in [5.74, 6) is -5.96. The van der Waals surface area contributed by atoms with Crippen molar-refractivity contribution in [3.8, 4) is 5.75 Å². The molecule has 3 aliphatic carbocycles. The van der Waals surface area contributed by atoms with Crippen molar-refractivity contribution in [2.24, 2.45) is 17.8 Å². The third kappa shape index (κ3) is 2.71. The maximum Gasteiger partial charge on any atom is 0.196 e. The zero-order valence-corrected chi connectivity index (χ0v) is 17.7. The number of hydrogen-bond acceptors (Lipinski definition) is 8. The molecule has 31 heavy (non-hydrogen) atoms. The number of Topliss-reactive ketones (excluding diaryl/α,β-unsaturated/α-hetero) is 3. The summed E-state index contributed by atoms with van der Waals surface area (Å²) >= 11 is 0. The number of fused-ring (bicyclic) bond motifs is 3. The second-order valence-electron chi connectivity index (χ2n) is 8.99. The Morgan fingerprint density at radius 1 is 1.13 bits per heavy atom. The number of aromatic hydroxyl groups is 1. The monoisotopic (exact) mass is 427 g/mol. The van der Waals surface area contributed by atoms with Crippen LogP contribution in [0.25, 0.3) is 0 Å². The predicted octanol–water partition coefficient (Wildman–Crippen LogP) is 1.77. The van der Waals surface area contributed by atoms with Gasteiger partial charge in [0.15, 0.2) is 17.3 Å². The zero-order valence-electron chi connectivity index (χ0n) is 17.7. The van der Waals surface area contributed by atoms with Crippen LogP contribution in [-0.2, 0) is 15.2 Å². The SMILES string of the molecule is CC(=O)C1=C(O)C(N(C)C)C2CC3C(=C(O)C2C1=O)C(=O)c1c(O)cccc1C3(C)O. The van der Waals surface area contributed by atoms with Crippen LogP contribution in [0.4, 0.5) is 0 Å². The number of carbonyl (C=O) groups excluding carboxylic acids is 3. The van der Waals surface area contributed by atoms with E-state index in [0.29, 0.717) is 0 Å². The topological polar surface area (TPSA) is 135 Å². The molecule has 0 saturated carbocycles. The van der Waals surface area contributed by atoms with Crippen molar-refractivity contribution in [3.05, 3.63) is 52.0 Å². The molecule has 5 unspecified atom stereocenters. The molecule has 8 heteroatoms. The summed E-state index contributed by atoms with van der Waals surface area (Å²) in [6.45, 7) is 2.67. The van der Waals surface area contributed by atoms with Gasteiger partial charge in [-0.15, -0.1) is 0 Å². The maximum absolute atomic E-state index is 13.3. The molecular weight excluding hydrogens is 402 g/mol. The third-order valence-corrected chi connectivity index (χ3v) is 6.97. The Balaban J connectivity index is 1.99. The van der Waals surface area contributed by atoms with E-state index < -0.39 is 52.5 Å². The minimum atomic E-state index is -1.61. The van der Waals surface area contributed by atoms with Crippen LogP contribution in [0.15, 0.2) is 40.9 Å². The fourth-order valence-electron chi connectivity index (χ4n) is 5.63. The van der Waals surface area contributed by atoms with E-state index in [1.54, 1.807) is 25.1 Å². The van der Waals surface area contributed by atoms with Gasteiger partial charge in [0.25, 0.3) is 0 Å². The summed E-state index contributed by atoms with van der Waals surface area (Å²) in [5, 5.41) is 43.7. The summed E-state index contributed by atoms with van der Waals surface area (Å²) in [4.78, 5) is 40.3. The van der Waals surface area contributed by atoms with Crippen molar-refractivity contribution < 1.29 is 34.8 Å². The molecule has 5 atom stereocenters. The van der Waals surface area contributed by atoms with Gasteiger partial charge >= 0.3 is 0 Å². The molecule has 0 heterocycles. The number of phenols is 1. The smallest absolute Gasteiger partial charge is 0.196 e. The number of likely N-dealkylation sites (N-methyl/N-ethyl adjacent to an activating group) is 1. The molecule has 164 valence electrons. The molecule has 0 aromatic heterocycles. The van der Waals surface area contributed by atoms with Crippen LogP contribution in [0, 0.1) is 17.8 Å². The van der Waals surface area contributed by atoms with Gasteiger partial charge in [0, 0.05) is 11.5 Å². The molecule has 0 radical (unpaired) electrons. The largest absolute Gasteiger partial charge is 0.511 e. The van der Waals surface area contributed by atoms with E-state index in [2.05, 4.69) is 0 Å². The van der Waals surface area contributed by atoms with Crippen molar-refractivity contribution in [2.45, 2.75) is 31.9 Å². The van der Waals surface area contributed by atoms with E-state index in [1.165, 1.54) is 19.1 Å². The van der Waals surface area contributed by atoms with Crippen molar-refractivity contribution in [1.82, 2.24) is 4.90 Å². The summed E-state index contributed by atoms with van der Waals surface area (Å²) < 4.78 is 0. The lowest BCUT2D eigenvalue weighted by Crippen LogP contribution is -2.55. The maximum atomic E-state index is 13.3. The quantitative estimate of drug-likeness (QED) is 0.525. The molecule has 0 amide bonds. The molecule has 0 aliphatic heterocycles. The lowest BCUT2D eigenvalue weighted by molar-refractivity contribution is -0.128. The number of ketones is 3. The minimum absolute atomic E-state index is 0.110. The molecule has 1 aromatic rings. The van der Waals surface area contributed by atoms with Crippen molar-refractivity contribution >= 4 is 17.3 Å². The van der Waals surface area contributed by atoms with Gasteiger partial charge in [0.2, 0.25) is 0 Å². The van der Waals surface area contributed by atoms with Gasteiger partial charge < -0.3 is 20.4 Å². The third-order valence-electron chi connectivity index (χ3n) is 6.97. The molecule has 4 rings (SSSR count).